The van der Waals surface area contributed by atoms with Crippen LogP contribution in [0.4, 0.5) is 0 Å². The minimum atomic E-state index is -0.279. The maximum Gasteiger partial charge on any atom is 0.268 e. The van der Waals surface area contributed by atoms with Crippen LogP contribution in [0.5, 0.6) is 0 Å². The first-order chi connectivity index (χ1) is 11.1. The van der Waals surface area contributed by atoms with Crippen molar-refractivity contribution in [2.45, 2.75) is 18.9 Å². The van der Waals surface area contributed by atoms with Gasteiger partial charge in [-0.15, -0.1) is 11.3 Å². The van der Waals surface area contributed by atoms with E-state index in [0.29, 0.717) is 17.2 Å². The van der Waals surface area contributed by atoms with Gasteiger partial charge in [-0.25, -0.2) is 5.43 Å². The number of rotatable bonds is 4. The fourth-order valence-electron chi connectivity index (χ4n) is 2.28. The largest absolute Gasteiger partial charge is 0.339 e. The highest BCUT2D eigenvalue weighted by Gasteiger charge is 2.23. The van der Waals surface area contributed by atoms with Crippen molar-refractivity contribution in [1.82, 2.24) is 10.7 Å². The van der Waals surface area contributed by atoms with Crippen LogP contribution in [0.2, 0.25) is 5.02 Å². The van der Waals surface area contributed by atoms with Gasteiger partial charge in [-0.3, -0.25) is 9.59 Å². The van der Waals surface area contributed by atoms with Gasteiger partial charge < -0.3 is 5.32 Å². The van der Waals surface area contributed by atoms with E-state index in [1.165, 1.54) is 0 Å². The van der Waals surface area contributed by atoms with Crippen LogP contribution in [0.3, 0.4) is 0 Å². The number of hydrogen-bond donors (Lipinski definition) is 2. The normalized spacial score (nSPS) is 15.5. The minimum absolute atomic E-state index is 0.172. The molecule has 0 spiro atoms. The van der Waals surface area contributed by atoms with E-state index in [9.17, 15) is 9.59 Å². The van der Waals surface area contributed by atoms with E-state index in [-0.39, 0.29) is 24.3 Å². The Bertz CT molecular complexity index is 741. The molecule has 0 aliphatic carbocycles. The Balaban J connectivity index is 1.83. The SMILES string of the molecule is O=C1CCC(C(=O)N[C@@H](c2ccc(Cl)cc2)c2cccs2)=NN1. The first-order valence-electron chi connectivity index (χ1n) is 7.08. The molecule has 2 aromatic rings. The van der Waals surface area contributed by atoms with E-state index < -0.39 is 0 Å². The Morgan fingerprint density at radius 1 is 1.26 bits per heavy atom. The van der Waals surface area contributed by atoms with Gasteiger partial charge in [0.1, 0.15) is 5.71 Å². The Labute approximate surface area is 142 Å². The molecule has 0 saturated heterocycles. The molecule has 0 saturated carbocycles. The first kappa shape index (κ1) is 15.7. The minimum Gasteiger partial charge on any atom is -0.339 e. The van der Waals surface area contributed by atoms with Crippen LogP contribution in [-0.2, 0) is 9.59 Å². The summed E-state index contributed by atoms with van der Waals surface area (Å²) in [4.78, 5) is 24.6. The number of carbonyl (C=O) groups is 2. The molecule has 7 heteroatoms. The standard InChI is InChI=1S/C16H14ClN3O2S/c17-11-5-3-10(4-6-11)15(13-2-1-9-23-13)18-16(22)12-7-8-14(21)20-19-12/h1-6,9,15H,7-8H2,(H,18,22)(H,20,21)/t15-/m0/s1. The molecule has 1 aromatic heterocycles. The lowest BCUT2D eigenvalue weighted by atomic mass is 10.0. The number of nitrogens with zero attached hydrogens (tertiary/aromatic N) is 1. The van der Waals surface area contributed by atoms with Gasteiger partial charge in [0.15, 0.2) is 0 Å². The molecule has 5 nitrogen and oxygen atoms in total. The lowest BCUT2D eigenvalue weighted by Gasteiger charge is -2.20. The number of hydrazone groups is 1. The second kappa shape index (κ2) is 6.93. The zero-order valence-corrected chi connectivity index (χ0v) is 13.7. The molecule has 23 heavy (non-hydrogen) atoms. The molecule has 1 aliphatic heterocycles. The van der Waals surface area contributed by atoms with E-state index >= 15 is 0 Å². The van der Waals surface area contributed by atoms with Crippen molar-refractivity contribution >= 4 is 40.5 Å². The van der Waals surface area contributed by atoms with Crippen LogP contribution in [0.15, 0.2) is 46.9 Å². The van der Waals surface area contributed by atoms with Crippen LogP contribution < -0.4 is 10.7 Å². The highest BCUT2D eigenvalue weighted by Crippen LogP contribution is 2.27. The summed E-state index contributed by atoms with van der Waals surface area (Å²) in [7, 11) is 0. The predicted octanol–water partition coefficient (Wildman–Crippen LogP) is 2.87. The summed E-state index contributed by atoms with van der Waals surface area (Å²) in [5.74, 6) is -0.451. The third-order valence-electron chi connectivity index (χ3n) is 3.47. The fourth-order valence-corrected chi connectivity index (χ4v) is 3.21. The van der Waals surface area contributed by atoms with Gasteiger partial charge in [0, 0.05) is 22.7 Å². The summed E-state index contributed by atoms with van der Waals surface area (Å²) in [6.45, 7) is 0. The van der Waals surface area contributed by atoms with E-state index in [2.05, 4.69) is 15.8 Å². The average molecular weight is 348 g/mol. The quantitative estimate of drug-likeness (QED) is 0.892. The Morgan fingerprint density at radius 3 is 2.65 bits per heavy atom. The van der Waals surface area contributed by atoms with Crippen LogP contribution in [0.1, 0.15) is 29.3 Å². The predicted molar refractivity (Wildman–Crippen MR) is 90.6 cm³/mol. The molecule has 0 unspecified atom stereocenters. The van der Waals surface area contributed by atoms with Crippen LogP contribution >= 0.6 is 22.9 Å². The molecular weight excluding hydrogens is 334 g/mol. The molecule has 118 valence electrons. The van der Waals surface area contributed by atoms with E-state index in [1.807, 2.05) is 29.6 Å². The van der Waals surface area contributed by atoms with Crippen LogP contribution in [-0.4, -0.2) is 17.5 Å². The molecule has 2 amide bonds. The maximum absolute atomic E-state index is 12.4. The van der Waals surface area contributed by atoms with Gasteiger partial charge in [-0.1, -0.05) is 29.8 Å². The molecule has 3 rings (SSSR count). The van der Waals surface area contributed by atoms with Gasteiger partial charge in [0.05, 0.1) is 6.04 Å². The number of thiophene rings is 1. The van der Waals surface area contributed by atoms with Crippen molar-refractivity contribution in [1.29, 1.82) is 0 Å². The zero-order chi connectivity index (χ0) is 16.2. The lowest BCUT2D eigenvalue weighted by Crippen LogP contribution is -2.38. The summed E-state index contributed by atoms with van der Waals surface area (Å²) < 4.78 is 0. The fraction of sp³-hybridized carbons (Fsp3) is 0.188. The van der Waals surface area contributed by atoms with Crippen molar-refractivity contribution in [3.63, 3.8) is 0 Å². The highest BCUT2D eigenvalue weighted by atomic mass is 35.5. The first-order valence-corrected chi connectivity index (χ1v) is 8.34. The smallest absolute Gasteiger partial charge is 0.268 e. The molecule has 1 aliphatic rings. The Hall–Kier alpha value is -2.18. The number of amides is 2. The second-order valence-corrected chi connectivity index (χ2v) is 6.48. The lowest BCUT2D eigenvalue weighted by molar-refractivity contribution is -0.121. The van der Waals surface area contributed by atoms with Gasteiger partial charge >= 0.3 is 0 Å². The number of halogens is 1. The summed E-state index contributed by atoms with van der Waals surface area (Å²) in [5.41, 5.74) is 3.61. The number of carbonyl (C=O) groups excluding carboxylic acids is 2. The van der Waals surface area contributed by atoms with Crippen LogP contribution in [0, 0.1) is 0 Å². The summed E-state index contributed by atoms with van der Waals surface area (Å²) >= 11 is 7.50. The summed E-state index contributed by atoms with van der Waals surface area (Å²) in [5, 5.41) is 9.43. The molecule has 1 atom stereocenters. The van der Waals surface area contributed by atoms with Gasteiger partial charge in [-0.05, 0) is 29.1 Å². The van der Waals surface area contributed by atoms with Gasteiger partial charge in [-0.2, -0.15) is 5.10 Å². The number of hydrogen-bond acceptors (Lipinski definition) is 4. The highest BCUT2D eigenvalue weighted by molar-refractivity contribution is 7.10. The van der Waals surface area contributed by atoms with Gasteiger partial charge in [0.2, 0.25) is 5.91 Å². The molecule has 1 aromatic carbocycles. The zero-order valence-electron chi connectivity index (χ0n) is 12.1. The van der Waals surface area contributed by atoms with E-state index in [1.54, 1.807) is 23.5 Å². The van der Waals surface area contributed by atoms with Crippen molar-refractivity contribution < 1.29 is 9.59 Å². The molecule has 2 N–H and O–H groups in total. The van der Waals surface area contributed by atoms with Crippen molar-refractivity contribution in [3.05, 3.63) is 57.2 Å². The average Bonchev–Trinajstić information content (AvgIpc) is 3.08. The molecule has 2 heterocycles. The monoisotopic (exact) mass is 347 g/mol. The second-order valence-electron chi connectivity index (χ2n) is 5.07. The van der Waals surface area contributed by atoms with Crippen LogP contribution in [0.25, 0.3) is 0 Å². The van der Waals surface area contributed by atoms with E-state index in [4.69, 9.17) is 11.6 Å². The maximum atomic E-state index is 12.4. The van der Waals surface area contributed by atoms with Crippen molar-refractivity contribution in [3.8, 4) is 0 Å². The summed E-state index contributed by atoms with van der Waals surface area (Å²) in [6.07, 6.45) is 0.617. The third-order valence-corrected chi connectivity index (χ3v) is 4.66. The topological polar surface area (TPSA) is 70.6 Å². The number of benzene rings is 1. The van der Waals surface area contributed by atoms with Crippen molar-refractivity contribution in [2.24, 2.45) is 5.10 Å². The summed E-state index contributed by atoms with van der Waals surface area (Å²) in [6, 6.07) is 11.0. The van der Waals surface area contributed by atoms with Crippen molar-refractivity contribution in [2.75, 3.05) is 0 Å². The van der Waals surface area contributed by atoms with Gasteiger partial charge in [0.25, 0.3) is 5.91 Å². The Kier molecular flexibility index (Phi) is 4.73. The molecule has 0 bridgehead atoms. The van der Waals surface area contributed by atoms with E-state index in [0.717, 1.165) is 10.4 Å². The third kappa shape index (κ3) is 3.78. The number of nitrogens with one attached hydrogen (secondary N) is 2. The molecule has 0 fully saturated rings. The Morgan fingerprint density at radius 2 is 2.04 bits per heavy atom. The molecule has 0 radical (unpaired) electrons. The molecular formula is C16H14ClN3O2S.